The summed E-state index contributed by atoms with van der Waals surface area (Å²) in [4.78, 5) is 30.2. The molecule has 6 heteroatoms. The molecule has 1 aliphatic carbocycles. The van der Waals surface area contributed by atoms with Crippen molar-refractivity contribution < 1.29 is 9.59 Å². The fourth-order valence-electron chi connectivity index (χ4n) is 4.58. The van der Waals surface area contributed by atoms with Gasteiger partial charge in [0, 0.05) is 38.1 Å². The molecule has 2 unspecified atom stereocenters. The van der Waals surface area contributed by atoms with Crippen molar-refractivity contribution in [1.82, 2.24) is 15.2 Å². The SMILES string of the molecule is NC(=O)C(c1ccccc1)N1C[C@@H]2C(CCNC(=O)/C=C/c3cccnc3)[C@@H]2C1. The van der Waals surface area contributed by atoms with Crippen LogP contribution in [0, 0.1) is 17.8 Å². The lowest BCUT2D eigenvalue weighted by molar-refractivity contribution is -0.123. The van der Waals surface area contributed by atoms with Gasteiger partial charge in [0.25, 0.3) is 0 Å². The lowest BCUT2D eigenvalue weighted by Crippen LogP contribution is -2.38. The molecule has 1 saturated carbocycles. The third kappa shape index (κ3) is 4.54. The Hall–Kier alpha value is -2.99. The normalized spacial score (nSPS) is 24.2. The van der Waals surface area contributed by atoms with Crippen LogP contribution in [-0.2, 0) is 9.59 Å². The van der Waals surface area contributed by atoms with Crippen molar-refractivity contribution in [3.63, 3.8) is 0 Å². The molecule has 0 bridgehead atoms. The summed E-state index contributed by atoms with van der Waals surface area (Å²) in [5.41, 5.74) is 7.56. The summed E-state index contributed by atoms with van der Waals surface area (Å²) in [7, 11) is 0. The van der Waals surface area contributed by atoms with Gasteiger partial charge in [-0.15, -0.1) is 0 Å². The topological polar surface area (TPSA) is 88.3 Å². The predicted octanol–water partition coefficient (Wildman–Crippen LogP) is 2.01. The molecule has 29 heavy (non-hydrogen) atoms. The minimum absolute atomic E-state index is 0.0841. The average molecular weight is 390 g/mol. The van der Waals surface area contributed by atoms with Gasteiger partial charge in [0.15, 0.2) is 0 Å². The first-order chi connectivity index (χ1) is 14.1. The summed E-state index contributed by atoms with van der Waals surface area (Å²) in [5.74, 6) is 1.45. The van der Waals surface area contributed by atoms with E-state index < -0.39 is 0 Å². The molecule has 1 aliphatic heterocycles. The molecular formula is C23H26N4O2. The quantitative estimate of drug-likeness (QED) is 0.675. The van der Waals surface area contributed by atoms with Gasteiger partial charge in [-0.3, -0.25) is 19.5 Å². The van der Waals surface area contributed by atoms with Crippen molar-refractivity contribution in [2.24, 2.45) is 23.5 Å². The predicted molar refractivity (Wildman–Crippen MR) is 111 cm³/mol. The van der Waals surface area contributed by atoms with Crippen molar-refractivity contribution >= 4 is 17.9 Å². The second-order valence-corrected chi connectivity index (χ2v) is 7.86. The molecule has 2 amide bonds. The molecule has 150 valence electrons. The fraction of sp³-hybridized carbons (Fsp3) is 0.348. The maximum absolute atomic E-state index is 12.0. The summed E-state index contributed by atoms with van der Waals surface area (Å²) in [6, 6.07) is 13.2. The Bertz CT molecular complexity index is 872. The maximum atomic E-state index is 12.0. The van der Waals surface area contributed by atoms with Gasteiger partial charge < -0.3 is 11.1 Å². The van der Waals surface area contributed by atoms with Gasteiger partial charge in [-0.05, 0) is 47.4 Å². The molecular weight excluding hydrogens is 364 g/mol. The van der Waals surface area contributed by atoms with Crippen LogP contribution in [0.25, 0.3) is 6.08 Å². The first-order valence-corrected chi connectivity index (χ1v) is 10.1. The maximum Gasteiger partial charge on any atom is 0.244 e. The van der Waals surface area contributed by atoms with Gasteiger partial charge in [0.2, 0.25) is 11.8 Å². The number of hydrogen-bond donors (Lipinski definition) is 2. The van der Waals surface area contributed by atoms with Gasteiger partial charge in [-0.1, -0.05) is 36.4 Å². The molecule has 6 nitrogen and oxygen atoms in total. The zero-order valence-electron chi connectivity index (χ0n) is 16.3. The van der Waals surface area contributed by atoms with Crippen LogP contribution in [0.15, 0.2) is 60.9 Å². The number of carbonyl (C=O) groups excluding carboxylic acids is 2. The zero-order valence-corrected chi connectivity index (χ0v) is 16.3. The number of rotatable bonds is 8. The molecule has 1 saturated heterocycles. The Labute approximate surface area is 170 Å². The summed E-state index contributed by atoms with van der Waals surface area (Å²) < 4.78 is 0. The molecule has 2 fully saturated rings. The van der Waals surface area contributed by atoms with E-state index in [1.807, 2.05) is 42.5 Å². The average Bonchev–Trinajstić information content (AvgIpc) is 3.17. The molecule has 2 heterocycles. The third-order valence-corrected chi connectivity index (χ3v) is 6.04. The van der Waals surface area contributed by atoms with E-state index in [0.717, 1.165) is 30.6 Å². The lowest BCUT2D eigenvalue weighted by Gasteiger charge is -2.27. The molecule has 1 aromatic heterocycles. The Kier molecular flexibility index (Phi) is 5.71. The van der Waals surface area contributed by atoms with Gasteiger partial charge in [-0.2, -0.15) is 0 Å². The summed E-state index contributed by atoms with van der Waals surface area (Å²) in [6.07, 6.45) is 7.71. The lowest BCUT2D eigenvalue weighted by atomic mass is 10.0. The van der Waals surface area contributed by atoms with E-state index in [0.29, 0.717) is 24.3 Å². The van der Waals surface area contributed by atoms with E-state index in [4.69, 9.17) is 5.73 Å². The minimum atomic E-state index is -0.345. The minimum Gasteiger partial charge on any atom is -0.368 e. The number of nitrogens with zero attached hydrogens (tertiary/aromatic N) is 2. The fourth-order valence-corrected chi connectivity index (χ4v) is 4.58. The number of amides is 2. The van der Waals surface area contributed by atoms with Crippen molar-refractivity contribution in [3.8, 4) is 0 Å². The number of aromatic nitrogens is 1. The molecule has 2 aliphatic rings. The largest absolute Gasteiger partial charge is 0.368 e. The summed E-state index contributed by atoms with van der Waals surface area (Å²) in [6.45, 7) is 2.46. The Morgan fingerprint density at radius 1 is 1.17 bits per heavy atom. The second kappa shape index (κ2) is 8.57. The number of pyridine rings is 1. The van der Waals surface area contributed by atoms with Gasteiger partial charge in [-0.25, -0.2) is 0 Å². The summed E-state index contributed by atoms with van der Waals surface area (Å²) in [5, 5.41) is 2.96. The van der Waals surface area contributed by atoms with Crippen LogP contribution >= 0.6 is 0 Å². The molecule has 0 spiro atoms. The van der Waals surface area contributed by atoms with Crippen LogP contribution in [0.2, 0.25) is 0 Å². The number of hydrogen-bond acceptors (Lipinski definition) is 4. The van der Waals surface area contributed by atoms with Gasteiger partial charge >= 0.3 is 0 Å². The van der Waals surface area contributed by atoms with Gasteiger partial charge in [0.1, 0.15) is 6.04 Å². The second-order valence-electron chi connectivity index (χ2n) is 7.86. The van der Waals surface area contributed by atoms with Gasteiger partial charge in [0.05, 0.1) is 0 Å². The highest BCUT2D eigenvalue weighted by atomic mass is 16.2. The van der Waals surface area contributed by atoms with Crippen LogP contribution in [0.4, 0.5) is 0 Å². The standard InChI is InChI=1S/C23H26N4O2/c24-23(29)22(17-6-2-1-3-7-17)27-14-19-18(20(19)15-27)10-12-26-21(28)9-8-16-5-4-11-25-13-16/h1-9,11,13,18-20,22H,10,12,14-15H2,(H2,24,29)(H,26,28)/b9-8+/t18?,19-,20+,22?. The highest BCUT2D eigenvalue weighted by Crippen LogP contribution is 2.54. The highest BCUT2D eigenvalue weighted by molar-refractivity contribution is 5.91. The van der Waals surface area contributed by atoms with Crippen LogP contribution in [0.5, 0.6) is 0 Å². The van der Waals surface area contributed by atoms with E-state index in [1.54, 1.807) is 24.5 Å². The zero-order chi connectivity index (χ0) is 20.2. The Morgan fingerprint density at radius 3 is 2.59 bits per heavy atom. The van der Waals surface area contributed by atoms with Crippen LogP contribution in [0.3, 0.4) is 0 Å². The van der Waals surface area contributed by atoms with Crippen molar-refractivity contribution in [2.75, 3.05) is 19.6 Å². The number of piperidine rings is 1. The summed E-state index contributed by atoms with van der Waals surface area (Å²) >= 11 is 0. The van der Waals surface area contributed by atoms with E-state index >= 15 is 0 Å². The van der Waals surface area contributed by atoms with Crippen LogP contribution in [0.1, 0.15) is 23.6 Å². The smallest absolute Gasteiger partial charge is 0.244 e. The van der Waals surface area contributed by atoms with Crippen molar-refractivity contribution in [1.29, 1.82) is 0 Å². The molecule has 4 atom stereocenters. The van der Waals surface area contributed by atoms with Crippen LogP contribution < -0.4 is 11.1 Å². The number of carbonyl (C=O) groups is 2. The molecule has 0 radical (unpaired) electrons. The monoisotopic (exact) mass is 390 g/mol. The number of nitrogens with two attached hydrogens (primary N) is 1. The van der Waals surface area contributed by atoms with E-state index in [2.05, 4.69) is 15.2 Å². The molecule has 2 aromatic rings. The molecule has 1 aromatic carbocycles. The molecule has 3 N–H and O–H groups in total. The van der Waals surface area contributed by atoms with Crippen LogP contribution in [-0.4, -0.2) is 41.3 Å². The number of fused-ring (bicyclic) bond motifs is 1. The highest BCUT2D eigenvalue weighted by Gasteiger charge is 2.56. The first kappa shape index (κ1) is 19.3. The number of likely N-dealkylation sites (tertiary alicyclic amines) is 1. The Balaban J connectivity index is 1.21. The third-order valence-electron chi connectivity index (χ3n) is 6.04. The molecule has 4 rings (SSSR count). The van der Waals surface area contributed by atoms with Crippen molar-refractivity contribution in [3.05, 3.63) is 72.1 Å². The Morgan fingerprint density at radius 2 is 1.93 bits per heavy atom. The van der Waals surface area contributed by atoms with Crippen molar-refractivity contribution in [2.45, 2.75) is 12.5 Å². The number of benzene rings is 1. The number of primary amides is 1. The number of nitrogens with one attached hydrogen (secondary N) is 1. The van der Waals surface area contributed by atoms with E-state index in [1.165, 1.54) is 0 Å². The van der Waals surface area contributed by atoms with E-state index in [9.17, 15) is 9.59 Å². The van der Waals surface area contributed by atoms with E-state index in [-0.39, 0.29) is 17.9 Å². The first-order valence-electron chi connectivity index (χ1n) is 10.1.